The van der Waals surface area contributed by atoms with E-state index in [-0.39, 0.29) is 11.4 Å². The second-order valence-electron chi connectivity index (χ2n) is 4.04. The Balaban J connectivity index is 2.63. The zero-order valence-electron chi connectivity index (χ0n) is 10.4. The summed E-state index contributed by atoms with van der Waals surface area (Å²) in [6, 6.07) is 9.01. The van der Waals surface area contributed by atoms with E-state index in [1.165, 1.54) is 0 Å². The van der Waals surface area contributed by atoms with Crippen molar-refractivity contribution in [3.63, 3.8) is 0 Å². The second kappa shape index (κ2) is 5.68. The normalized spacial score (nSPS) is 11.0. The molecule has 0 fully saturated rings. The number of hydrogen-bond donors (Lipinski definition) is 0. The first-order valence-electron chi connectivity index (χ1n) is 5.70. The van der Waals surface area contributed by atoms with Crippen molar-refractivity contribution < 1.29 is 13.2 Å². The summed E-state index contributed by atoms with van der Waals surface area (Å²) < 4.78 is 37.6. The monoisotopic (exact) mass is 295 g/mol. The summed E-state index contributed by atoms with van der Waals surface area (Å²) in [5.74, 6) is 0. The number of nitrogens with zero attached hydrogens (tertiary/aromatic N) is 5. The van der Waals surface area contributed by atoms with Gasteiger partial charge in [-0.3, -0.25) is 4.79 Å². The predicted octanol–water partition coefficient (Wildman–Crippen LogP) is 3.41. The molecule has 0 radical (unpaired) electrons. The first-order valence-corrected chi connectivity index (χ1v) is 5.70. The highest BCUT2D eigenvalue weighted by Gasteiger charge is 2.29. The lowest BCUT2D eigenvalue weighted by Gasteiger charge is -2.11. The van der Waals surface area contributed by atoms with Gasteiger partial charge in [-0.05, 0) is 5.53 Å². The predicted molar refractivity (Wildman–Crippen MR) is 68.8 cm³/mol. The van der Waals surface area contributed by atoms with Crippen molar-refractivity contribution in [3.8, 4) is 11.3 Å². The number of azide groups is 1. The highest BCUT2D eigenvalue weighted by molar-refractivity contribution is 5.70. The van der Waals surface area contributed by atoms with Gasteiger partial charge in [-0.25, -0.2) is 4.68 Å². The third-order valence-corrected chi connectivity index (χ3v) is 2.51. The number of hydrogen-bond acceptors (Lipinski definition) is 3. The molecule has 0 aliphatic carbocycles. The maximum absolute atomic E-state index is 12.4. The van der Waals surface area contributed by atoms with Crippen LogP contribution in [0.15, 0.2) is 46.3 Å². The van der Waals surface area contributed by atoms with Crippen LogP contribution in [0.2, 0.25) is 0 Å². The van der Waals surface area contributed by atoms with E-state index >= 15 is 0 Å². The quantitative estimate of drug-likeness (QED) is 0.493. The lowest BCUT2D eigenvalue weighted by molar-refractivity contribution is -0.143. The van der Waals surface area contributed by atoms with Crippen LogP contribution in [0.1, 0.15) is 0 Å². The molecule has 2 rings (SSSR count). The zero-order chi connectivity index (χ0) is 15.5. The Labute approximate surface area is 116 Å². The van der Waals surface area contributed by atoms with Gasteiger partial charge in [0, 0.05) is 16.5 Å². The number of rotatable bonds is 3. The molecule has 0 N–H and O–H groups in total. The van der Waals surface area contributed by atoms with Crippen molar-refractivity contribution in [2.24, 2.45) is 5.11 Å². The van der Waals surface area contributed by atoms with E-state index in [4.69, 9.17) is 5.53 Å². The number of aromatic nitrogens is 2. The standard InChI is InChI=1S/C12H8F3N5O/c13-12(14,15)7-20-10(21)6-9(17-19-16)11(18-20)8-4-2-1-3-5-8/h1-6H,7H2. The molecule has 108 valence electrons. The minimum absolute atomic E-state index is 0.0113. The van der Waals surface area contributed by atoms with Crippen LogP contribution in [0.25, 0.3) is 21.7 Å². The number of benzene rings is 1. The molecule has 0 unspecified atom stereocenters. The summed E-state index contributed by atoms with van der Waals surface area (Å²) in [5.41, 5.74) is 7.82. The fourth-order valence-corrected chi connectivity index (χ4v) is 1.69. The summed E-state index contributed by atoms with van der Waals surface area (Å²) in [6.45, 7) is -1.51. The van der Waals surface area contributed by atoms with E-state index in [0.717, 1.165) is 6.07 Å². The van der Waals surface area contributed by atoms with Crippen molar-refractivity contribution in [1.29, 1.82) is 0 Å². The topological polar surface area (TPSA) is 83.7 Å². The average molecular weight is 295 g/mol. The molecule has 0 saturated heterocycles. The van der Waals surface area contributed by atoms with Gasteiger partial charge in [-0.15, -0.1) is 0 Å². The molecular formula is C12H8F3N5O. The second-order valence-corrected chi connectivity index (χ2v) is 4.04. The van der Waals surface area contributed by atoms with Crippen LogP contribution in [0.3, 0.4) is 0 Å². The van der Waals surface area contributed by atoms with Crippen LogP contribution in [-0.4, -0.2) is 16.0 Å². The summed E-state index contributed by atoms with van der Waals surface area (Å²) in [7, 11) is 0. The van der Waals surface area contributed by atoms with Crippen LogP contribution in [0, 0.1) is 0 Å². The van der Waals surface area contributed by atoms with Crippen LogP contribution >= 0.6 is 0 Å². The van der Waals surface area contributed by atoms with Crippen molar-refractivity contribution in [1.82, 2.24) is 9.78 Å². The van der Waals surface area contributed by atoms with Gasteiger partial charge < -0.3 is 0 Å². The summed E-state index contributed by atoms with van der Waals surface area (Å²) in [5, 5.41) is 6.97. The Morgan fingerprint density at radius 3 is 2.52 bits per heavy atom. The maximum atomic E-state index is 12.4. The molecular weight excluding hydrogens is 287 g/mol. The van der Waals surface area contributed by atoms with Gasteiger partial charge >= 0.3 is 6.18 Å². The molecule has 0 amide bonds. The summed E-state index contributed by atoms with van der Waals surface area (Å²) in [4.78, 5) is 14.1. The van der Waals surface area contributed by atoms with Crippen LogP contribution in [0.4, 0.5) is 18.9 Å². The molecule has 0 spiro atoms. The van der Waals surface area contributed by atoms with Crippen LogP contribution in [0.5, 0.6) is 0 Å². The number of alkyl halides is 3. The fraction of sp³-hybridized carbons (Fsp3) is 0.167. The molecule has 1 heterocycles. The molecule has 0 aliphatic rings. The van der Waals surface area contributed by atoms with Crippen molar-refractivity contribution in [2.75, 3.05) is 0 Å². The summed E-state index contributed by atoms with van der Waals surface area (Å²) in [6.07, 6.45) is -4.58. The Bertz CT molecular complexity index is 748. The van der Waals surface area contributed by atoms with Gasteiger partial charge in [0.2, 0.25) is 0 Å². The van der Waals surface area contributed by atoms with Crippen molar-refractivity contribution >= 4 is 5.69 Å². The molecule has 2 aromatic rings. The SMILES string of the molecule is [N-]=[N+]=Nc1cc(=O)n(CC(F)(F)F)nc1-c1ccccc1. The maximum Gasteiger partial charge on any atom is 0.408 e. The fourth-order valence-electron chi connectivity index (χ4n) is 1.69. The van der Waals surface area contributed by atoms with Gasteiger partial charge in [-0.2, -0.15) is 18.3 Å². The minimum atomic E-state index is -4.58. The minimum Gasteiger partial charge on any atom is -0.268 e. The van der Waals surface area contributed by atoms with Gasteiger partial charge in [-0.1, -0.05) is 35.4 Å². The van der Waals surface area contributed by atoms with E-state index in [0.29, 0.717) is 10.2 Å². The molecule has 1 aromatic heterocycles. The summed E-state index contributed by atoms with van der Waals surface area (Å²) >= 11 is 0. The average Bonchev–Trinajstić information content (AvgIpc) is 2.42. The van der Waals surface area contributed by atoms with Crippen molar-refractivity contribution in [2.45, 2.75) is 12.7 Å². The first kappa shape index (κ1) is 14.6. The highest BCUT2D eigenvalue weighted by atomic mass is 19.4. The van der Waals surface area contributed by atoms with E-state index in [1.807, 2.05) is 0 Å². The Hall–Kier alpha value is -2.80. The third-order valence-electron chi connectivity index (χ3n) is 2.51. The Morgan fingerprint density at radius 1 is 1.29 bits per heavy atom. The largest absolute Gasteiger partial charge is 0.408 e. The van der Waals surface area contributed by atoms with Crippen molar-refractivity contribution in [3.05, 3.63) is 57.2 Å². The van der Waals surface area contributed by atoms with E-state index in [9.17, 15) is 18.0 Å². The van der Waals surface area contributed by atoms with Gasteiger partial charge in [0.1, 0.15) is 12.2 Å². The van der Waals surface area contributed by atoms with Crippen LogP contribution < -0.4 is 5.56 Å². The molecule has 0 atom stereocenters. The van der Waals surface area contributed by atoms with Gasteiger partial charge in [0.25, 0.3) is 5.56 Å². The van der Waals surface area contributed by atoms with Crippen LogP contribution in [-0.2, 0) is 6.54 Å². The van der Waals surface area contributed by atoms with Gasteiger partial charge in [0.15, 0.2) is 0 Å². The molecule has 6 nitrogen and oxygen atoms in total. The lowest BCUT2D eigenvalue weighted by atomic mass is 10.1. The Morgan fingerprint density at radius 2 is 1.95 bits per heavy atom. The molecule has 1 aromatic carbocycles. The Kier molecular flexibility index (Phi) is 3.95. The molecule has 0 bridgehead atoms. The van der Waals surface area contributed by atoms with E-state index < -0.39 is 18.3 Å². The molecule has 0 aliphatic heterocycles. The first-order chi connectivity index (χ1) is 9.90. The third kappa shape index (κ3) is 3.61. The number of halogens is 3. The highest BCUT2D eigenvalue weighted by Crippen LogP contribution is 2.27. The van der Waals surface area contributed by atoms with Gasteiger partial charge in [0.05, 0.1) is 5.69 Å². The molecule has 21 heavy (non-hydrogen) atoms. The molecule has 0 saturated carbocycles. The smallest absolute Gasteiger partial charge is 0.268 e. The van der Waals surface area contributed by atoms with E-state index in [2.05, 4.69) is 15.1 Å². The molecule has 9 heteroatoms. The zero-order valence-corrected chi connectivity index (χ0v) is 10.4. The van der Waals surface area contributed by atoms with E-state index in [1.54, 1.807) is 30.3 Å². The lowest BCUT2D eigenvalue weighted by Crippen LogP contribution is -2.30.